The highest BCUT2D eigenvalue weighted by atomic mass is 127. The van der Waals surface area contributed by atoms with Crippen LogP contribution in [0.15, 0.2) is 22.7 Å². The van der Waals surface area contributed by atoms with Crippen LogP contribution >= 0.6 is 38.5 Å². The molecule has 0 saturated heterocycles. The van der Waals surface area contributed by atoms with Gasteiger partial charge in [-0.15, -0.1) is 0 Å². The van der Waals surface area contributed by atoms with E-state index in [0.29, 0.717) is 24.1 Å². The van der Waals surface area contributed by atoms with Gasteiger partial charge in [-0.2, -0.15) is 0 Å². The molecule has 106 valence electrons. The van der Waals surface area contributed by atoms with E-state index in [-0.39, 0.29) is 5.91 Å². The first-order valence-corrected chi connectivity index (χ1v) is 8.09. The lowest BCUT2D eigenvalue weighted by Gasteiger charge is -2.28. The molecule has 1 rings (SSSR count). The van der Waals surface area contributed by atoms with Crippen LogP contribution in [0.3, 0.4) is 0 Å². The van der Waals surface area contributed by atoms with Gasteiger partial charge in [-0.05, 0) is 76.7 Å². The highest BCUT2D eigenvalue weighted by Crippen LogP contribution is 2.19. The Balaban J connectivity index is 2.72. The molecular formula is C14H20BrIN2O. The number of carbonyl (C=O) groups is 1. The van der Waals surface area contributed by atoms with E-state index in [1.165, 1.54) is 0 Å². The van der Waals surface area contributed by atoms with Crippen molar-refractivity contribution in [3.63, 3.8) is 0 Å². The molecule has 1 amide bonds. The topological polar surface area (TPSA) is 32.3 Å². The van der Waals surface area contributed by atoms with Crippen LogP contribution in [-0.2, 0) is 0 Å². The first-order chi connectivity index (χ1) is 8.82. The largest absolute Gasteiger partial charge is 0.350 e. The summed E-state index contributed by atoms with van der Waals surface area (Å²) in [6.45, 7) is 4.98. The molecular weight excluding hydrogens is 419 g/mol. The molecule has 0 spiro atoms. The molecule has 1 atom stereocenters. The van der Waals surface area contributed by atoms with Crippen LogP contribution in [0.2, 0.25) is 0 Å². The van der Waals surface area contributed by atoms with Crippen molar-refractivity contribution in [2.45, 2.75) is 19.9 Å². The molecule has 0 saturated carbocycles. The molecule has 1 N–H and O–H groups in total. The lowest BCUT2D eigenvalue weighted by atomic mass is 10.0. The van der Waals surface area contributed by atoms with E-state index in [1.807, 2.05) is 32.3 Å². The van der Waals surface area contributed by atoms with Crippen LogP contribution in [0, 0.1) is 9.49 Å². The summed E-state index contributed by atoms with van der Waals surface area (Å²) in [6.07, 6.45) is 0. The fourth-order valence-electron chi connectivity index (χ4n) is 1.98. The van der Waals surface area contributed by atoms with Crippen LogP contribution in [0.25, 0.3) is 0 Å². The zero-order valence-corrected chi connectivity index (χ0v) is 15.4. The zero-order valence-electron chi connectivity index (χ0n) is 11.7. The van der Waals surface area contributed by atoms with Gasteiger partial charge in [-0.3, -0.25) is 4.79 Å². The van der Waals surface area contributed by atoms with E-state index in [1.54, 1.807) is 0 Å². The van der Waals surface area contributed by atoms with Crippen LogP contribution in [0.4, 0.5) is 0 Å². The molecule has 0 heterocycles. The van der Waals surface area contributed by atoms with Gasteiger partial charge in [0.2, 0.25) is 0 Å². The number of likely N-dealkylation sites (N-methyl/N-ethyl adjacent to an activating group) is 1. The average Bonchev–Trinajstić information content (AvgIpc) is 2.31. The Morgan fingerprint density at radius 3 is 2.58 bits per heavy atom. The van der Waals surface area contributed by atoms with Gasteiger partial charge >= 0.3 is 0 Å². The molecule has 1 unspecified atom stereocenters. The highest BCUT2D eigenvalue weighted by molar-refractivity contribution is 14.1. The first-order valence-electron chi connectivity index (χ1n) is 6.22. The minimum atomic E-state index is -0.0297. The molecule has 0 aliphatic heterocycles. The Morgan fingerprint density at radius 1 is 1.42 bits per heavy atom. The summed E-state index contributed by atoms with van der Waals surface area (Å²) in [7, 11) is 4.08. The summed E-state index contributed by atoms with van der Waals surface area (Å²) < 4.78 is 1.88. The summed E-state index contributed by atoms with van der Waals surface area (Å²) in [5, 5.41) is 3.02. The Hall–Kier alpha value is -0.140. The van der Waals surface area contributed by atoms with E-state index in [2.05, 4.69) is 62.6 Å². The average molecular weight is 439 g/mol. The molecule has 0 aliphatic rings. The van der Waals surface area contributed by atoms with Crippen molar-refractivity contribution in [2.24, 2.45) is 5.92 Å². The molecule has 0 radical (unpaired) electrons. The number of amides is 1. The second kappa shape index (κ2) is 7.59. The lowest BCUT2D eigenvalue weighted by molar-refractivity contribution is 0.0934. The summed E-state index contributed by atoms with van der Waals surface area (Å²) in [4.78, 5) is 14.4. The van der Waals surface area contributed by atoms with Crippen molar-refractivity contribution < 1.29 is 4.79 Å². The van der Waals surface area contributed by atoms with Gasteiger partial charge in [0.15, 0.2) is 0 Å². The maximum Gasteiger partial charge on any atom is 0.252 e. The van der Waals surface area contributed by atoms with Gasteiger partial charge in [-0.25, -0.2) is 0 Å². The van der Waals surface area contributed by atoms with Crippen LogP contribution in [0.5, 0.6) is 0 Å². The quantitative estimate of drug-likeness (QED) is 0.715. The number of halogens is 2. The normalized spacial score (nSPS) is 12.8. The fraction of sp³-hybridized carbons (Fsp3) is 0.500. The number of nitrogens with zero attached hydrogens (tertiary/aromatic N) is 1. The predicted octanol–water partition coefficient (Wildman–Crippen LogP) is 3.37. The summed E-state index contributed by atoms with van der Waals surface area (Å²) in [6, 6.07) is 6.10. The Morgan fingerprint density at radius 2 is 2.05 bits per heavy atom. The molecule has 1 aromatic rings. The van der Waals surface area contributed by atoms with Crippen LogP contribution < -0.4 is 5.32 Å². The number of hydrogen-bond acceptors (Lipinski definition) is 2. The maximum atomic E-state index is 12.2. The van der Waals surface area contributed by atoms with Crippen molar-refractivity contribution in [3.8, 4) is 0 Å². The van der Waals surface area contributed by atoms with Gasteiger partial charge in [0.25, 0.3) is 5.91 Å². The number of nitrogens with one attached hydrogen (secondary N) is 1. The number of rotatable bonds is 5. The Labute approximate surface area is 137 Å². The Bertz CT molecular complexity index is 441. The van der Waals surface area contributed by atoms with E-state index in [0.717, 1.165) is 8.04 Å². The maximum absolute atomic E-state index is 12.2. The monoisotopic (exact) mass is 438 g/mol. The fourth-order valence-corrected chi connectivity index (χ4v) is 2.90. The number of hydrogen-bond donors (Lipinski definition) is 1. The number of carbonyl (C=O) groups excluding carboxylic acids is 1. The second-order valence-electron chi connectivity index (χ2n) is 5.11. The lowest BCUT2D eigenvalue weighted by Crippen LogP contribution is -2.43. The zero-order chi connectivity index (χ0) is 14.6. The third-order valence-corrected chi connectivity index (χ3v) is 4.44. The molecule has 0 fully saturated rings. The first kappa shape index (κ1) is 16.9. The van der Waals surface area contributed by atoms with Crippen LogP contribution in [-0.4, -0.2) is 37.5 Å². The smallest absolute Gasteiger partial charge is 0.252 e. The molecule has 0 aromatic heterocycles. The van der Waals surface area contributed by atoms with E-state index >= 15 is 0 Å². The standard InChI is InChI=1S/C14H20BrIN2O/c1-9(2)13(18(3)4)8-17-14(19)11-7-10(16)5-6-12(11)15/h5-7,9,13H,8H2,1-4H3,(H,17,19). The van der Waals surface area contributed by atoms with E-state index in [9.17, 15) is 4.79 Å². The van der Waals surface area contributed by atoms with E-state index in [4.69, 9.17) is 0 Å². The van der Waals surface area contributed by atoms with Crippen molar-refractivity contribution in [2.75, 3.05) is 20.6 Å². The van der Waals surface area contributed by atoms with Gasteiger partial charge in [0.05, 0.1) is 5.56 Å². The Kier molecular flexibility index (Phi) is 6.76. The summed E-state index contributed by atoms with van der Waals surface area (Å²) in [5.74, 6) is 0.465. The minimum absolute atomic E-state index is 0.0297. The second-order valence-corrected chi connectivity index (χ2v) is 7.21. The molecule has 3 nitrogen and oxygen atoms in total. The summed E-state index contributed by atoms with van der Waals surface area (Å²) in [5.41, 5.74) is 0.688. The summed E-state index contributed by atoms with van der Waals surface area (Å²) >= 11 is 5.63. The molecule has 19 heavy (non-hydrogen) atoms. The van der Waals surface area contributed by atoms with Crippen molar-refractivity contribution in [1.29, 1.82) is 0 Å². The van der Waals surface area contributed by atoms with Gasteiger partial charge in [-0.1, -0.05) is 13.8 Å². The SMILES string of the molecule is CC(C)C(CNC(=O)c1cc(I)ccc1Br)N(C)C. The molecule has 5 heteroatoms. The predicted molar refractivity (Wildman–Crippen MR) is 91.5 cm³/mol. The third-order valence-electron chi connectivity index (χ3n) is 3.08. The molecule has 0 bridgehead atoms. The molecule has 0 aliphatic carbocycles. The van der Waals surface area contributed by atoms with Crippen LogP contribution in [0.1, 0.15) is 24.2 Å². The molecule has 1 aromatic carbocycles. The van der Waals surface area contributed by atoms with Crippen molar-refractivity contribution in [3.05, 3.63) is 31.8 Å². The minimum Gasteiger partial charge on any atom is -0.350 e. The highest BCUT2D eigenvalue weighted by Gasteiger charge is 2.18. The number of benzene rings is 1. The van der Waals surface area contributed by atoms with Crippen molar-refractivity contribution >= 4 is 44.4 Å². The third kappa shape index (κ3) is 5.04. The van der Waals surface area contributed by atoms with E-state index < -0.39 is 0 Å². The van der Waals surface area contributed by atoms with Gasteiger partial charge < -0.3 is 10.2 Å². The van der Waals surface area contributed by atoms with Crippen molar-refractivity contribution in [1.82, 2.24) is 10.2 Å². The van der Waals surface area contributed by atoms with Gasteiger partial charge in [0.1, 0.15) is 0 Å². The van der Waals surface area contributed by atoms with Gasteiger partial charge in [0, 0.05) is 20.6 Å².